The molecule has 2 amide bonds. The van der Waals surface area contributed by atoms with E-state index in [2.05, 4.69) is 38.8 Å². The van der Waals surface area contributed by atoms with E-state index < -0.39 is 14.1 Å². The monoisotopic (exact) mass is 518 g/mol. The molecular formula is C25H35FN4O3SSi. The summed E-state index contributed by atoms with van der Waals surface area (Å²) in [4.78, 5) is 26.2. The molecule has 0 N–H and O–H groups in total. The van der Waals surface area contributed by atoms with Crippen molar-refractivity contribution < 1.29 is 18.3 Å². The summed E-state index contributed by atoms with van der Waals surface area (Å²) in [5.74, 6) is 0.521. The Balaban J connectivity index is 1.67. The van der Waals surface area contributed by atoms with E-state index in [1.165, 1.54) is 29.8 Å². The predicted octanol–water partition coefficient (Wildman–Crippen LogP) is 6.24. The van der Waals surface area contributed by atoms with Gasteiger partial charge in [0.25, 0.3) is 0 Å². The number of hydrogen-bond acceptors (Lipinski definition) is 6. The predicted molar refractivity (Wildman–Crippen MR) is 141 cm³/mol. The minimum atomic E-state index is -1.94. The Labute approximate surface area is 212 Å². The molecule has 2 atom stereocenters. The van der Waals surface area contributed by atoms with Crippen molar-refractivity contribution in [2.45, 2.75) is 82.0 Å². The van der Waals surface area contributed by atoms with Crippen LogP contribution in [0.2, 0.25) is 18.1 Å². The molecule has 1 saturated carbocycles. The molecule has 1 aliphatic heterocycles. The third-order valence-corrected chi connectivity index (χ3v) is 12.5. The molecule has 35 heavy (non-hydrogen) atoms. The van der Waals surface area contributed by atoms with Crippen LogP contribution in [0.15, 0.2) is 29.6 Å². The summed E-state index contributed by atoms with van der Waals surface area (Å²) in [6.45, 7) is 11.4. The fraction of sp³-hybridized carbons (Fsp3) is 0.560. The number of aromatic nitrogens is 2. The molecular weight excluding hydrogens is 483 g/mol. The maximum absolute atomic E-state index is 15.0. The molecule has 0 unspecified atom stereocenters. The minimum absolute atomic E-state index is 0.0789. The van der Waals surface area contributed by atoms with Crippen molar-refractivity contribution in [2.75, 3.05) is 23.2 Å². The summed E-state index contributed by atoms with van der Waals surface area (Å²) in [5, 5.41) is 0.722. The summed E-state index contributed by atoms with van der Waals surface area (Å²) in [6, 6.07) is 4.20. The van der Waals surface area contributed by atoms with Gasteiger partial charge in [0.1, 0.15) is 11.6 Å². The van der Waals surface area contributed by atoms with Crippen molar-refractivity contribution in [1.29, 1.82) is 0 Å². The van der Waals surface area contributed by atoms with Crippen molar-refractivity contribution in [3.05, 3.63) is 35.8 Å². The largest absolute Gasteiger partial charge is 0.497 e. The van der Waals surface area contributed by atoms with Crippen molar-refractivity contribution in [3.63, 3.8) is 0 Å². The lowest BCUT2D eigenvalue weighted by atomic mass is 10.1. The number of ether oxygens (including phenoxy) is 1. The molecule has 1 aromatic heterocycles. The van der Waals surface area contributed by atoms with E-state index in [1.807, 2.05) is 6.26 Å². The van der Waals surface area contributed by atoms with Gasteiger partial charge in [-0.25, -0.2) is 19.2 Å². The molecule has 2 heterocycles. The Hall–Kier alpha value is -2.17. The Kier molecular flexibility index (Phi) is 7.18. The summed E-state index contributed by atoms with van der Waals surface area (Å²) < 4.78 is 26.8. The smallest absolute Gasteiger partial charge is 0.330 e. The molecule has 2 aromatic rings. The summed E-state index contributed by atoms with van der Waals surface area (Å²) >= 11 is 1.44. The molecule has 0 radical (unpaired) electrons. The number of thioether (sulfide) groups is 1. The van der Waals surface area contributed by atoms with Crippen LogP contribution < -0.4 is 14.5 Å². The number of urea groups is 1. The van der Waals surface area contributed by atoms with Gasteiger partial charge in [-0.05, 0) is 55.8 Å². The molecule has 0 saturated heterocycles. The fourth-order valence-electron chi connectivity index (χ4n) is 4.46. The van der Waals surface area contributed by atoms with Gasteiger partial charge in [-0.15, -0.1) is 0 Å². The van der Waals surface area contributed by atoms with Gasteiger partial charge in [0.15, 0.2) is 19.3 Å². The van der Waals surface area contributed by atoms with Crippen LogP contribution >= 0.6 is 11.8 Å². The van der Waals surface area contributed by atoms with E-state index in [1.54, 1.807) is 23.2 Å². The molecule has 4 rings (SSSR count). The molecule has 0 bridgehead atoms. The van der Waals surface area contributed by atoms with Crippen LogP contribution in [0.1, 0.15) is 45.6 Å². The van der Waals surface area contributed by atoms with E-state index >= 15 is 4.39 Å². The van der Waals surface area contributed by atoms with Crippen LogP contribution in [0.4, 0.5) is 20.7 Å². The van der Waals surface area contributed by atoms with E-state index in [-0.39, 0.29) is 35.4 Å². The first kappa shape index (κ1) is 25.9. The molecule has 0 spiro atoms. The number of fused-ring (bicyclic) bond motifs is 1. The highest BCUT2D eigenvalue weighted by Crippen LogP contribution is 2.42. The van der Waals surface area contributed by atoms with Crippen molar-refractivity contribution >= 4 is 37.6 Å². The number of nitrogens with zero attached hydrogens (tertiary/aromatic N) is 4. The zero-order chi connectivity index (χ0) is 25.5. The van der Waals surface area contributed by atoms with Crippen molar-refractivity contribution in [3.8, 4) is 5.75 Å². The lowest BCUT2D eigenvalue weighted by molar-refractivity contribution is 0.186. The summed E-state index contributed by atoms with van der Waals surface area (Å²) in [7, 11) is -0.452. The zero-order valence-corrected chi connectivity index (χ0v) is 23.4. The number of amides is 2. The first-order chi connectivity index (χ1) is 16.4. The highest BCUT2D eigenvalue weighted by molar-refractivity contribution is 7.98. The normalized spacial score (nSPS) is 20.9. The van der Waals surface area contributed by atoms with Gasteiger partial charge in [-0.1, -0.05) is 32.5 Å². The van der Waals surface area contributed by atoms with Gasteiger partial charge in [-0.2, -0.15) is 0 Å². The van der Waals surface area contributed by atoms with E-state index in [0.29, 0.717) is 16.7 Å². The molecule has 1 fully saturated rings. The molecule has 10 heteroatoms. The average molecular weight is 519 g/mol. The second-order valence-electron chi connectivity index (χ2n) is 10.7. The van der Waals surface area contributed by atoms with Gasteiger partial charge in [-0.3, -0.25) is 9.80 Å². The van der Waals surface area contributed by atoms with Crippen LogP contribution in [0.5, 0.6) is 5.75 Å². The molecule has 2 aliphatic rings. The third-order valence-electron chi connectivity index (χ3n) is 7.43. The van der Waals surface area contributed by atoms with Gasteiger partial charge in [0.2, 0.25) is 0 Å². The molecule has 1 aliphatic carbocycles. The zero-order valence-electron chi connectivity index (χ0n) is 21.6. The van der Waals surface area contributed by atoms with Crippen LogP contribution in [0.3, 0.4) is 0 Å². The highest BCUT2D eigenvalue weighted by Gasteiger charge is 2.45. The van der Waals surface area contributed by atoms with E-state index in [9.17, 15) is 4.79 Å². The Morgan fingerprint density at radius 3 is 2.60 bits per heavy atom. The van der Waals surface area contributed by atoms with E-state index in [4.69, 9.17) is 14.1 Å². The van der Waals surface area contributed by atoms with Gasteiger partial charge < -0.3 is 9.16 Å². The Bertz CT molecular complexity index is 1110. The lowest BCUT2D eigenvalue weighted by Crippen LogP contribution is -2.52. The molecule has 1 aromatic carbocycles. The highest BCUT2D eigenvalue weighted by atomic mass is 32.2. The number of halogens is 1. The molecule has 190 valence electrons. The second kappa shape index (κ2) is 9.70. The number of rotatable bonds is 6. The maximum Gasteiger partial charge on any atom is 0.330 e. The quantitative estimate of drug-likeness (QED) is 0.256. The number of anilines is 2. The topological polar surface area (TPSA) is 67.8 Å². The van der Waals surface area contributed by atoms with Crippen molar-refractivity contribution in [2.24, 2.45) is 0 Å². The third kappa shape index (κ3) is 5.06. The summed E-state index contributed by atoms with van der Waals surface area (Å²) in [5.41, 5.74) is 1.01. The average Bonchev–Trinajstić information content (AvgIpc) is 3.24. The van der Waals surface area contributed by atoms with Gasteiger partial charge in [0, 0.05) is 30.0 Å². The minimum Gasteiger partial charge on any atom is -0.497 e. The number of carbonyl (C=O) groups excluding carboxylic acids is 1. The van der Waals surface area contributed by atoms with Crippen LogP contribution in [-0.4, -0.2) is 49.8 Å². The van der Waals surface area contributed by atoms with Crippen LogP contribution in [-0.2, 0) is 11.0 Å². The summed E-state index contributed by atoms with van der Waals surface area (Å²) in [6.07, 6.45) is 6.17. The lowest BCUT2D eigenvalue weighted by Gasteiger charge is -2.40. The number of carbonyl (C=O) groups is 1. The van der Waals surface area contributed by atoms with Gasteiger partial charge in [0.05, 0.1) is 19.3 Å². The maximum atomic E-state index is 15.0. The Morgan fingerprint density at radius 1 is 1.23 bits per heavy atom. The standard InChI is InChI=1S/C25H35FN4O3SSi/c1-25(2,3)35(6,7)33-19-9-8-17(12-19)30-22-16(14-27-23(28-22)34-5)15-29(24(30)31)21-11-10-18(32-4)13-20(21)26/h10-11,13-14,17,19H,8-9,12,15H2,1-7H3/t17-,19-/m1/s1. The SMILES string of the molecule is COc1ccc(N2Cc3cnc(SC)nc3N([C@@H]3CC[C@@H](O[Si](C)(C)C(C)(C)C)C3)C2=O)c(F)c1. The first-order valence-electron chi connectivity index (χ1n) is 12.0. The number of hydrogen-bond donors (Lipinski definition) is 0. The Morgan fingerprint density at radius 2 is 1.97 bits per heavy atom. The van der Waals surface area contributed by atoms with E-state index in [0.717, 1.165) is 24.8 Å². The second-order valence-corrected chi connectivity index (χ2v) is 16.3. The van der Waals surface area contributed by atoms with Crippen molar-refractivity contribution in [1.82, 2.24) is 9.97 Å². The van der Waals surface area contributed by atoms with Gasteiger partial charge >= 0.3 is 6.03 Å². The van der Waals surface area contributed by atoms with Crippen LogP contribution in [0, 0.1) is 5.82 Å². The number of benzene rings is 1. The fourth-order valence-corrected chi connectivity index (χ4v) is 6.20. The number of methoxy groups -OCH3 is 1. The van der Waals surface area contributed by atoms with Crippen LogP contribution in [0.25, 0.3) is 0 Å². The molecule has 7 nitrogen and oxygen atoms in total. The first-order valence-corrected chi connectivity index (χ1v) is 16.1.